The van der Waals surface area contributed by atoms with E-state index in [1.807, 2.05) is 91.9 Å². The van der Waals surface area contributed by atoms with E-state index in [-0.39, 0.29) is 11.9 Å². The van der Waals surface area contributed by atoms with Crippen molar-refractivity contribution in [3.05, 3.63) is 101 Å². The first-order valence-corrected chi connectivity index (χ1v) is 9.51. The van der Waals surface area contributed by atoms with E-state index in [2.05, 4.69) is 5.32 Å². The third-order valence-corrected chi connectivity index (χ3v) is 5.00. The number of pyridine rings is 1. The van der Waals surface area contributed by atoms with Crippen LogP contribution in [0.15, 0.2) is 84.9 Å². The van der Waals surface area contributed by atoms with Gasteiger partial charge >= 0.3 is 0 Å². The van der Waals surface area contributed by atoms with Crippen molar-refractivity contribution in [2.45, 2.75) is 13.0 Å². The molecule has 4 heteroatoms. The molecule has 0 aliphatic heterocycles. The maximum Gasteiger partial charge on any atom is 0.252 e. The SMILES string of the molecule is C[C@H](NC(=O)c1cc(-c2ccccc2)nc2ccccc12)c1ccc(Cl)cc1. The molecule has 1 heterocycles. The van der Waals surface area contributed by atoms with Crippen molar-refractivity contribution < 1.29 is 4.79 Å². The third kappa shape index (κ3) is 3.75. The summed E-state index contributed by atoms with van der Waals surface area (Å²) in [5.74, 6) is -0.127. The van der Waals surface area contributed by atoms with Crippen molar-refractivity contribution in [1.29, 1.82) is 0 Å². The summed E-state index contributed by atoms with van der Waals surface area (Å²) in [6, 6.07) is 26.8. The van der Waals surface area contributed by atoms with E-state index >= 15 is 0 Å². The highest BCUT2D eigenvalue weighted by Gasteiger charge is 2.16. The first-order valence-electron chi connectivity index (χ1n) is 9.13. The minimum Gasteiger partial charge on any atom is -0.345 e. The maximum absolute atomic E-state index is 13.1. The van der Waals surface area contributed by atoms with Gasteiger partial charge in [-0.05, 0) is 36.8 Å². The molecule has 0 radical (unpaired) electrons. The van der Waals surface area contributed by atoms with E-state index in [9.17, 15) is 4.79 Å². The Morgan fingerprint density at radius 1 is 0.929 bits per heavy atom. The normalized spacial score (nSPS) is 11.9. The standard InChI is InChI=1S/C24H19ClN2O/c1-16(17-11-13-19(25)14-12-17)26-24(28)21-15-23(18-7-3-2-4-8-18)27-22-10-6-5-9-20(21)22/h2-16H,1H3,(H,26,28)/t16-/m0/s1. The largest absolute Gasteiger partial charge is 0.345 e. The number of fused-ring (bicyclic) bond motifs is 1. The molecular formula is C24H19ClN2O. The molecular weight excluding hydrogens is 368 g/mol. The minimum atomic E-state index is -0.142. The first kappa shape index (κ1) is 18.2. The van der Waals surface area contributed by atoms with Crippen LogP contribution in [-0.4, -0.2) is 10.9 Å². The highest BCUT2D eigenvalue weighted by Crippen LogP contribution is 2.25. The highest BCUT2D eigenvalue weighted by atomic mass is 35.5. The molecule has 1 atom stereocenters. The second-order valence-electron chi connectivity index (χ2n) is 6.68. The Morgan fingerprint density at radius 3 is 2.36 bits per heavy atom. The van der Waals surface area contributed by atoms with Gasteiger partial charge in [0.1, 0.15) is 0 Å². The average molecular weight is 387 g/mol. The molecule has 1 aromatic heterocycles. The number of benzene rings is 3. The number of nitrogens with zero attached hydrogens (tertiary/aromatic N) is 1. The van der Waals surface area contributed by atoms with Crippen LogP contribution in [0.3, 0.4) is 0 Å². The Bertz CT molecular complexity index is 1120. The fraction of sp³-hybridized carbons (Fsp3) is 0.0833. The smallest absolute Gasteiger partial charge is 0.252 e. The van der Waals surface area contributed by atoms with Gasteiger partial charge in [-0.1, -0.05) is 72.3 Å². The van der Waals surface area contributed by atoms with E-state index in [4.69, 9.17) is 16.6 Å². The molecule has 0 aliphatic rings. The molecule has 28 heavy (non-hydrogen) atoms. The molecule has 0 spiro atoms. The lowest BCUT2D eigenvalue weighted by atomic mass is 10.0. The third-order valence-electron chi connectivity index (χ3n) is 4.75. The van der Waals surface area contributed by atoms with Crippen molar-refractivity contribution in [3.8, 4) is 11.3 Å². The van der Waals surface area contributed by atoms with E-state index in [0.29, 0.717) is 10.6 Å². The van der Waals surface area contributed by atoms with Gasteiger partial charge in [-0.2, -0.15) is 0 Å². The fourth-order valence-electron chi connectivity index (χ4n) is 3.23. The molecule has 0 saturated carbocycles. The highest BCUT2D eigenvalue weighted by molar-refractivity contribution is 6.30. The number of aromatic nitrogens is 1. The van der Waals surface area contributed by atoms with E-state index in [1.54, 1.807) is 0 Å². The maximum atomic E-state index is 13.1. The van der Waals surface area contributed by atoms with Gasteiger partial charge in [-0.25, -0.2) is 4.98 Å². The van der Waals surface area contributed by atoms with Crippen LogP contribution in [0.2, 0.25) is 5.02 Å². The van der Waals surface area contributed by atoms with Gasteiger partial charge in [0.25, 0.3) is 5.91 Å². The summed E-state index contributed by atoms with van der Waals surface area (Å²) in [7, 11) is 0. The Hall–Kier alpha value is -3.17. The number of halogens is 1. The quantitative estimate of drug-likeness (QED) is 0.464. The number of carbonyl (C=O) groups excluding carboxylic acids is 1. The summed E-state index contributed by atoms with van der Waals surface area (Å²) < 4.78 is 0. The van der Waals surface area contributed by atoms with Crippen LogP contribution in [0, 0.1) is 0 Å². The summed E-state index contributed by atoms with van der Waals surface area (Å²) in [6.45, 7) is 1.96. The van der Waals surface area contributed by atoms with Gasteiger partial charge in [-0.15, -0.1) is 0 Å². The molecule has 0 aliphatic carbocycles. The molecule has 138 valence electrons. The van der Waals surface area contributed by atoms with Gasteiger partial charge < -0.3 is 5.32 Å². The lowest BCUT2D eigenvalue weighted by Crippen LogP contribution is -2.27. The Labute approximate surface area is 169 Å². The van der Waals surface area contributed by atoms with Crippen molar-refractivity contribution in [2.75, 3.05) is 0 Å². The molecule has 1 amide bonds. The Balaban J connectivity index is 1.72. The molecule has 0 fully saturated rings. The number of amides is 1. The van der Waals surface area contributed by atoms with E-state index < -0.39 is 0 Å². The summed E-state index contributed by atoms with van der Waals surface area (Å²) in [5, 5.41) is 4.60. The molecule has 3 nitrogen and oxygen atoms in total. The monoisotopic (exact) mass is 386 g/mol. The number of hydrogen-bond acceptors (Lipinski definition) is 2. The second-order valence-corrected chi connectivity index (χ2v) is 7.12. The number of rotatable bonds is 4. The van der Waals surface area contributed by atoms with Crippen LogP contribution in [-0.2, 0) is 0 Å². The Kier molecular flexibility index (Phi) is 5.09. The van der Waals surface area contributed by atoms with Gasteiger partial charge in [0.05, 0.1) is 22.8 Å². The molecule has 0 unspecified atom stereocenters. The summed E-state index contributed by atoms with van der Waals surface area (Å²) in [5.41, 5.74) is 4.18. The lowest BCUT2D eigenvalue weighted by Gasteiger charge is -2.16. The van der Waals surface area contributed by atoms with Gasteiger partial charge in [0.2, 0.25) is 0 Å². The number of nitrogens with one attached hydrogen (secondary N) is 1. The summed E-state index contributed by atoms with van der Waals surface area (Å²) in [6.07, 6.45) is 0. The fourth-order valence-corrected chi connectivity index (χ4v) is 3.36. The van der Waals surface area contributed by atoms with Crippen LogP contribution in [0.1, 0.15) is 28.9 Å². The molecule has 4 aromatic rings. The first-order chi connectivity index (χ1) is 13.6. The van der Waals surface area contributed by atoms with Crippen LogP contribution < -0.4 is 5.32 Å². The van der Waals surface area contributed by atoms with Crippen molar-refractivity contribution in [1.82, 2.24) is 10.3 Å². The van der Waals surface area contributed by atoms with Crippen molar-refractivity contribution >= 4 is 28.4 Å². The van der Waals surface area contributed by atoms with Crippen molar-refractivity contribution in [2.24, 2.45) is 0 Å². The molecule has 3 aromatic carbocycles. The van der Waals surface area contributed by atoms with Crippen LogP contribution >= 0.6 is 11.6 Å². The number of para-hydroxylation sites is 1. The zero-order valence-electron chi connectivity index (χ0n) is 15.4. The van der Waals surface area contributed by atoms with Crippen LogP contribution in [0.25, 0.3) is 22.2 Å². The number of carbonyl (C=O) groups is 1. The number of hydrogen-bond donors (Lipinski definition) is 1. The minimum absolute atomic E-state index is 0.127. The Morgan fingerprint density at radius 2 is 1.61 bits per heavy atom. The lowest BCUT2D eigenvalue weighted by molar-refractivity contribution is 0.0941. The summed E-state index contributed by atoms with van der Waals surface area (Å²) in [4.78, 5) is 17.9. The molecule has 4 rings (SSSR count). The predicted octanol–water partition coefficient (Wildman–Crippen LogP) is 6.05. The van der Waals surface area contributed by atoms with Gasteiger partial charge in [0, 0.05) is 16.0 Å². The van der Waals surface area contributed by atoms with Crippen LogP contribution in [0.4, 0.5) is 0 Å². The second kappa shape index (κ2) is 7.83. The predicted molar refractivity (Wildman–Crippen MR) is 115 cm³/mol. The van der Waals surface area contributed by atoms with Gasteiger partial charge in [-0.3, -0.25) is 4.79 Å². The molecule has 0 saturated heterocycles. The van der Waals surface area contributed by atoms with E-state index in [1.165, 1.54) is 0 Å². The van der Waals surface area contributed by atoms with Crippen molar-refractivity contribution in [3.63, 3.8) is 0 Å². The van der Waals surface area contributed by atoms with Gasteiger partial charge in [0.15, 0.2) is 0 Å². The van der Waals surface area contributed by atoms with E-state index in [0.717, 1.165) is 27.7 Å². The summed E-state index contributed by atoms with van der Waals surface area (Å²) >= 11 is 5.96. The topological polar surface area (TPSA) is 42.0 Å². The van der Waals surface area contributed by atoms with Crippen LogP contribution in [0.5, 0.6) is 0 Å². The zero-order chi connectivity index (χ0) is 19.5. The average Bonchev–Trinajstić information content (AvgIpc) is 2.74. The molecule has 1 N–H and O–H groups in total. The zero-order valence-corrected chi connectivity index (χ0v) is 16.1. The molecule has 0 bridgehead atoms.